The molecular formula is C18H21N3OS. The predicted molar refractivity (Wildman–Crippen MR) is 95.3 cm³/mol. The van der Waals surface area contributed by atoms with E-state index in [0.29, 0.717) is 5.11 Å². The van der Waals surface area contributed by atoms with E-state index in [1.165, 1.54) is 16.6 Å². The van der Waals surface area contributed by atoms with Crippen molar-refractivity contribution in [3.05, 3.63) is 35.5 Å². The normalized spacial score (nSPS) is 23.6. The van der Waals surface area contributed by atoms with Crippen molar-refractivity contribution in [3.63, 3.8) is 0 Å². The lowest BCUT2D eigenvalue weighted by atomic mass is 9.93. The number of benzene rings is 1. The minimum atomic E-state index is -0.138. The van der Waals surface area contributed by atoms with Crippen molar-refractivity contribution in [2.45, 2.75) is 45.2 Å². The molecule has 2 aliphatic heterocycles. The molecule has 0 saturated carbocycles. The monoisotopic (exact) mass is 327 g/mol. The highest BCUT2D eigenvalue weighted by molar-refractivity contribution is 7.80. The lowest BCUT2D eigenvalue weighted by molar-refractivity contribution is -0.128. The summed E-state index contributed by atoms with van der Waals surface area (Å²) in [5.41, 5.74) is 3.63. The molecular weight excluding hydrogens is 306 g/mol. The molecule has 0 aliphatic carbocycles. The van der Waals surface area contributed by atoms with Gasteiger partial charge in [-0.2, -0.15) is 0 Å². The maximum Gasteiger partial charge on any atom is 0.251 e. The Balaban J connectivity index is 1.75. The lowest BCUT2D eigenvalue weighted by Gasteiger charge is -2.35. The predicted octanol–water partition coefficient (Wildman–Crippen LogP) is 3.38. The van der Waals surface area contributed by atoms with Crippen molar-refractivity contribution < 1.29 is 4.79 Å². The molecule has 0 unspecified atom stereocenters. The zero-order valence-electron chi connectivity index (χ0n) is 13.5. The number of fused-ring (bicyclic) bond motifs is 4. The summed E-state index contributed by atoms with van der Waals surface area (Å²) >= 11 is 5.63. The van der Waals surface area contributed by atoms with Crippen LogP contribution in [0.25, 0.3) is 10.9 Å². The molecule has 4 nitrogen and oxygen atoms in total. The number of carbonyl (C=O) groups excluding carboxylic acids is 1. The first-order chi connectivity index (χ1) is 11.1. The number of rotatable bonds is 3. The van der Waals surface area contributed by atoms with Crippen molar-refractivity contribution >= 4 is 34.1 Å². The zero-order valence-corrected chi connectivity index (χ0v) is 14.3. The fraction of sp³-hybridized carbons (Fsp3) is 0.444. The summed E-state index contributed by atoms with van der Waals surface area (Å²) in [6.45, 7) is 5.02. The van der Waals surface area contributed by atoms with Gasteiger partial charge in [-0.1, -0.05) is 31.5 Å². The third-order valence-electron chi connectivity index (χ3n) is 5.15. The average Bonchev–Trinajstić information content (AvgIpc) is 3.04. The first-order valence-corrected chi connectivity index (χ1v) is 8.77. The summed E-state index contributed by atoms with van der Waals surface area (Å²) in [7, 11) is 0. The Morgan fingerprint density at radius 2 is 2.13 bits per heavy atom. The highest BCUT2D eigenvalue weighted by atomic mass is 32.1. The molecule has 23 heavy (non-hydrogen) atoms. The number of H-pyrrole nitrogens is 1. The molecule has 3 heterocycles. The Kier molecular flexibility index (Phi) is 3.41. The maximum absolute atomic E-state index is 12.9. The second-order valence-electron chi connectivity index (χ2n) is 6.49. The van der Waals surface area contributed by atoms with Gasteiger partial charge in [0.2, 0.25) is 0 Å². The second kappa shape index (κ2) is 5.34. The van der Waals surface area contributed by atoms with Crippen molar-refractivity contribution in [1.82, 2.24) is 14.8 Å². The summed E-state index contributed by atoms with van der Waals surface area (Å²) < 4.78 is 0. The Labute approximate surface area is 141 Å². The molecule has 2 atom stereocenters. The first-order valence-electron chi connectivity index (χ1n) is 8.36. The molecule has 1 N–H and O–H groups in total. The molecule has 1 saturated heterocycles. The molecule has 1 aromatic heterocycles. The first kappa shape index (κ1) is 14.7. The standard InChI is InChI=1S/C18H21N3OS/c1-3-4-9-20-17(22)15-10-13-12-7-5-6-8-14(12)19-16(13)11(2)21(15)18(20)23/h5-8,11,15,19H,3-4,9-10H2,1-2H3/t11-,15+/m1/s1. The van der Waals surface area contributed by atoms with Crippen LogP contribution in [0.1, 0.15) is 44.0 Å². The van der Waals surface area contributed by atoms with Gasteiger partial charge in [0.15, 0.2) is 5.11 Å². The Morgan fingerprint density at radius 1 is 1.35 bits per heavy atom. The molecule has 0 spiro atoms. The number of hydrogen-bond acceptors (Lipinski definition) is 2. The second-order valence-corrected chi connectivity index (χ2v) is 6.86. The van der Waals surface area contributed by atoms with Gasteiger partial charge in [0.25, 0.3) is 5.91 Å². The summed E-state index contributed by atoms with van der Waals surface area (Å²) in [5, 5.41) is 1.94. The van der Waals surface area contributed by atoms with Crippen molar-refractivity contribution in [1.29, 1.82) is 0 Å². The molecule has 0 radical (unpaired) electrons. The van der Waals surface area contributed by atoms with Gasteiger partial charge in [-0.15, -0.1) is 0 Å². The molecule has 1 fully saturated rings. The van der Waals surface area contributed by atoms with Crippen LogP contribution in [0.3, 0.4) is 0 Å². The molecule has 4 rings (SSSR count). The number of nitrogens with one attached hydrogen (secondary N) is 1. The number of amides is 1. The number of hydrogen-bond donors (Lipinski definition) is 1. The molecule has 2 aliphatic rings. The Hall–Kier alpha value is -1.88. The largest absolute Gasteiger partial charge is 0.356 e. The fourth-order valence-corrected chi connectivity index (χ4v) is 4.41. The van der Waals surface area contributed by atoms with E-state index in [0.717, 1.165) is 31.3 Å². The minimum absolute atomic E-state index is 0.110. The number of aromatic nitrogens is 1. The number of unbranched alkanes of at least 4 members (excludes halogenated alkanes) is 1. The van der Waals surface area contributed by atoms with Crippen molar-refractivity contribution in [2.24, 2.45) is 0 Å². The van der Waals surface area contributed by atoms with Gasteiger partial charge >= 0.3 is 0 Å². The third-order valence-corrected chi connectivity index (χ3v) is 5.58. The van der Waals surface area contributed by atoms with Gasteiger partial charge in [-0.3, -0.25) is 9.69 Å². The fourth-order valence-electron chi connectivity index (χ4n) is 3.94. The number of nitrogens with zero attached hydrogens (tertiary/aromatic N) is 2. The number of carbonyl (C=O) groups is 1. The number of thiocarbonyl (C=S) groups is 1. The SMILES string of the molecule is CCCCN1C(=O)[C@@H]2Cc3c([nH]c4ccccc34)[C@@H](C)N2C1=S. The molecule has 1 amide bonds. The van der Waals surface area contributed by atoms with E-state index in [1.54, 1.807) is 0 Å². The lowest BCUT2D eigenvalue weighted by Crippen LogP contribution is -2.42. The van der Waals surface area contributed by atoms with Crippen LogP contribution in [0.4, 0.5) is 0 Å². The van der Waals surface area contributed by atoms with Gasteiger partial charge < -0.3 is 9.88 Å². The summed E-state index contributed by atoms with van der Waals surface area (Å²) in [6.07, 6.45) is 2.80. The van der Waals surface area contributed by atoms with Crippen LogP contribution in [-0.4, -0.2) is 38.4 Å². The maximum atomic E-state index is 12.9. The zero-order chi connectivity index (χ0) is 16.1. The highest BCUT2D eigenvalue weighted by Gasteiger charge is 2.48. The summed E-state index contributed by atoms with van der Waals surface area (Å²) in [4.78, 5) is 20.3. The Morgan fingerprint density at radius 3 is 2.91 bits per heavy atom. The van der Waals surface area contributed by atoms with E-state index >= 15 is 0 Å². The number of para-hydroxylation sites is 1. The van der Waals surface area contributed by atoms with E-state index in [1.807, 2.05) is 11.0 Å². The van der Waals surface area contributed by atoms with Crippen molar-refractivity contribution in [3.8, 4) is 0 Å². The summed E-state index contributed by atoms with van der Waals surface area (Å²) in [5.74, 6) is 0.172. The quantitative estimate of drug-likeness (QED) is 0.879. The van der Waals surface area contributed by atoms with E-state index in [2.05, 4.69) is 41.9 Å². The molecule has 1 aromatic carbocycles. The average molecular weight is 327 g/mol. The Bertz CT molecular complexity index is 797. The van der Waals surface area contributed by atoms with Crippen LogP contribution in [0.2, 0.25) is 0 Å². The number of aromatic amines is 1. The van der Waals surface area contributed by atoms with E-state index < -0.39 is 0 Å². The molecule has 0 bridgehead atoms. The van der Waals surface area contributed by atoms with E-state index in [4.69, 9.17) is 12.2 Å². The molecule has 120 valence electrons. The molecule has 2 aromatic rings. The van der Waals surface area contributed by atoms with Crippen LogP contribution >= 0.6 is 12.2 Å². The third kappa shape index (κ3) is 2.02. The van der Waals surface area contributed by atoms with Crippen LogP contribution < -0.4 is 0 Å². The van der Waals surface area contributed by atoms with Crippen molar-refractivity contribution in [2.75, 3.05) is 6.54 Å². The van der Waals surface area contributed by atoms with Gasteiger partial charge in [0.05, 0.1) is 6.04 Å². The van der Waals surface area contributed by atoms with Gasteiger partial charge in [-0.25, -0.2) is 0 Å². The van der Waals surface area contributed by atoms with Gasteiger partial charge in [0, 0.05) is 29.6 Å². The van der Waals surface area contributed by atoms with Crippen LogP contribution in [-0.2, 0) is 11.2 Å². The topological polar surface area (TPSA) is 39.3 Å². The van der Waals surface area contributed by atoms with E-state index in [-0.39, 0.29) is 18.0 Å². The van der Waals surface area contributed by atoms with Gasteiger partial charge in [-0.05, 0) is 37.2 Å². The highest BCUT2D eigenvalue weighted by Crippen LogP contribution is 2.40. The van der Waals surface area contributed by atoms with E-state index in [9.17, 15) is 4.79 Å². The van der Waals surface area contributed by atoms with Crippen LogP contribution in [0, 0.1) is 0 Å². The smallest absolute Gasteiger partial charge is 0.251 e. The minimum Gasteiger partial charge on any atom is -0.356 e. The van der Waals surface area contributed by atoms with Crippen LogP contribution in [0.5, 0.6) is 0 Å². The van der Waals surface area contributed by atoms with Gasteiger partial charge in [0.1, 0.15) is 6.04 Å². The summed E-state index contributed by atoms with van der Waals surface area (Å²) in [6, 6.07) is 8.31. The molecule has 5 heteroatoms. The van der Waals surface area contributed by atoms with Crippen LogP contribution in [0.15, 0.2) is 24.3 Å².